The number of aliphatic hydroxyl groups excluding tert-OH is 1. The third-order valence-corrected chi connectivity index (χ3v) is 3.71. The molecule has 0 aliphatic heterocycles. The predicted octanol–water partition coefficient (Wildman–Crippen LogP) is 3.27. The van der Waals surface area contributed by atoms with E-state index >= 15 is 0 Å². The highest BCUT2D eigenvalue weighted by atomic mass is 31.2. The largest absolute Gasteiger partial charge is 0.459 e. The fourth-order valence-corrected chi connectivity index (χ4v) is 3.06. The maximum Gasteiger partial charge on any atom is 0.398 e. The lowest BCUT2D eigenvalue weighted by molar-refractivity contribution is -0.327. The summed E-state index contributed by atoms with van der Waals surface area (Å²) >= 11 is 0. The minimum absolute atomic E-state index is 0.0565. The van der Waals surface area contributed by atoms with Crippen molar-refractivity contribution in [3.63, 3.8) is 0 Å². The van der Waals surface area contributed by atoms with E-state index in [1.54, 1.807) is 62.3 Å². The number of carbonyl (C=O) groups is 1. The highest BCUT2D eigenvalue weighted by Crippen LogP contribution is 2.50. The fourth-order valence-electron chi connectivity index (χ4n) is 1.54. The molecule has 162 valence electrons. The molecule has 0 amide bonds. The van der Waals surface area contributed by atoms with Gasteiger partial charge in [-0.2, -0.15) is 0 Å². The predicted molar refractivity (Wildman–Crippen MR) is 101 cm³/mol. The van der Waals surface area contributed by atoms with Gasteiger partial charge in [-0.1, -0.05) is 0 Å². The second kappa shape index (κ2) is 10.3. The van der Waals surface area contributed by atoms with E-state index in [1.165, 1.54) is 4.90 Å². The number of esters is 1. The third kappa shape index (κ3) is 15.1. The molecule has 0 saturated carbocycles. The van der Waals surface area contributed by atoms with E-state index in [2.05, 4.69) is 0 Å². The normalized spacial score (nSPS) is 13.9. The van der Waals surface area contributed by atoms with Crippen LogP contribution in [-0.2, 0) is 33.2 Å². The lowest BCUT2D eigenvalue weighted by Gasteiger charge is -2.29. The van der Waals surface area contributed by atoms with Crippen molar-refractivity contribution < 1.29 is 38.3 Å². The molecule has 0 fully saturated rings. The first-order valence-electron chi connectivity index (χ1n) is 8.84. The molecule has 0 aromatic carbocycles. The van der Waals surface area contributed by atoms with Crippen LogP contribution in [0.4, 0.5) is 0 Å². The molecule has 1 N–H and O–H groups in total. The van der Waals surface area contributed by atoms with Gasteiger partial charge in [0, 0.05) is 6.54 Å². The summed E-state index contributed by atoms with van der Waals surface area (Å²) in [5, 5.41) is 9.27. The van der Waals surface area contributed by atoms with Crippen molar-refractivity contribution in [2.24, 2.45) is 0 Å². The molecule has 0 radical (unpaired) electrons. The number of hydrogen-bond acceptors (Lipinski definition) is 9. The zero-order valence-corrected chi connectivity index (χ0v) is 18.9. The summed E-state index contributed by atoms with van der Waals surface area (Å²) in [6.45, 7) is 15.1. The maximum absolute atomic E-state index is 13.1. The van der Waals surface area contributed by atoms with E-state index in [0.717, 1.165) is 0 Å². The second-order valence-corrected chi connectivity index (χ2v) is 11.0. The average molecular weight is 413 g/mol. The Morgan fingerprint density at radius 1 is 0.889 bits per heavy atom. The molecular weight excluding hydrogens is 377 g/mol. The zero-order valence-electron chi connectivity index (χ0n) is 18.0. The van der Waals surface area contributed by atoms with Gasteiger partial charge in [0.15, 0.2) is 0 Å². The molecule has 0 aromatic rings. The molecule has 0 saturated heterocycles. The molecule has 10 heteroatoms. The Bertz CT molecular complexity index is 483. The summed E-state index contributed by atoms with van der Waals surface area (Å²) in [4.78, 5) is 23.8. The first-order chi connectivity index (χ1) is 11.9. The van der Waals surface area contributed by atoms with E-state index in [9.17, 15) is 14.5 Å². The molecule has 0 aromatic heterocycles. The molecule has 0 rings (SSSR count). The summed E-state index contributed by atoms with van der Waals surface area (Å²) in [7, 11) is -3.94. The van der Waals surface area contributed by atoms with Gasteiger partial charge < -0.3 is 9.84 Å². The quantitative estimate of drug-likeness (QED) is 0.250. The fraction of sp³-hybridized carbons (Fsp3) is 0.941. The van der Waals surface area contributed by atoms with Gasteiger partial charge in [-0.15, -0.1) is 9.35 Å². The van der Waals surface area contributed by atoms with Crippen molar-refractivity contribution in [2.75, 3.05) is 26.0 Å². The van der Waals surface area contributed by atoms with Crippen molar-refractivity contribution >= 4 is 13.6 Å². The summed E-state index contributed by atoms with van der Waals surface area (Å²) in [6.07, 6.45) is -0.334. The van der Waals surface area contributed by atoms with Crippen LogP contribution in [0.5, 0.6) is 0 Å². The van der Waals surface area contributed by atoms with E-state index in [4.69, 9.17) is 23.9 Å². The van der Waals surface area contributed by atoms with Gasteiger partial charge in [0.2, 0.25) is 0 Å². The molecule has 27 heavy (non-hydrogen) atoms. The average Bonchev–Trinajstić information content (AvgIpc) is 2.40. The number of ether oxygens (including phenoxy) is 1. The Labute approximate surface area is 162 Å². The highest BCUT2D eigenvalue weighted by Gasteiger charge is 2.35. The van der Waals surface area contributed by atoms with E-state index in [0.29, 0.717) is 0 Å². The first-order valence-corrected chi connectivity index (χ1v) is 10.6. The van der Waals surface area contributed by atoms with E-state index in [-0.39, 0.29) is 26.0 Å². The Morgan fingerprint density at radius 2 is 1.33 bits per heavy atom. The summed E-state index contributed by atoms with van der Waals surface area (Å²) < 4.78 is 28.5. The van der Waals surface area contributed by atoms with Crippen LogP contribution in [0.25, 0.3) is 0 Å². The van der Waals surface area contributed by atoms with Crippen LogP contribution in [0.15, 0.2) is 0 Å². The number of carbonyl (C=O) groups excluding carboxylic acids is 1. The number of rotatable bonds is 10. The first kappa shape index (κ1) is 26.5. The Kier molecular flexibility index (Phi) is 10.1. The van der Waals surface area contributed by atoms with Crippen LogP contribution in [0, 0.1) is 0 Å². The lowest BCUT2D eigenvalue weighted by Crippen LogP contribution is -2.37. The van der Waals surface area contributed by atoms with Crippen LogP contribution < -0.4 is 0 Å². The highest BCUT2D eigenvalue weighted by molar-refractivity contribution is 7.53. The van der Waals surface area contributed by atoms with E-state index in [1.807, 2.05) is 0 Å². The standard InChI is InChI=1S/C17H36NO8P/c1-15(2,3)22-14(20)12-18(10-11-19)13-27(21,25-23-16(4,5)6)26-24-17(7,8)9/h19H,10-13H2,1-9H3. The monoisotopic (exact) mass is 413 g/mol. The molecule has 0 aliphatic carbocycles. The molecule has 0 atom stereocenters. The van der Waals surface area contributed by atoms with Crippen molar-refractivity contribution in [2.45, 2.75) is 79.1 Å². The summed E-state index contributed by atoms with van der Waals surface area (Å²) in [5.41, 5.74) is -2.15. The van der Waals surface area contributed by atoms with Crippen molar-refractivity contribution in [1.29, 1.82) is 0 Å². The SMILES string of the molecule is CC(C)(C)OOP(=O)(CN(CCO)CC(=O)OC(C)(C)C)OOC(C)(C)C. The van der Waals surface area contributed by atoms with Crippen molar-refractivity contribution in [3.8, 4) is 0 Å². The minimum atomic E-state index is -3.94. The van der Waals surface area contributed by atoms with Gasteiger partial charge in [0.05, 0.1) is 24.4 Å². The van der Waals surface area contributed by atoms with E-state index < -0.39 is 30.4 Å². The van der Waals surface area contributed by atoms with Crippen molar-refractivity contribution in [1.82, 2.24) is 4.90 Å². The second-order valence-electron chi connectivity index (χ2n) is 9.16. The van der Waals surface area contributed by atoms with Crippen LogP contribution in [-0.4, -0.2) is 58.8 Å². The van der Waals surface area contributed by atoms with Crippen LogP contribution in [0.3, 0.4) is 0 Å². The topological polar surface area (TPSA) is 104 Å². The van der Waals surface area contributed by atoms with Gasteiger partial charge >= 0.3 is 13.6 Å². The molecular formula is C17H36NO8P. The third-order valence-electron chi connectivity index (χ3n) is 2.36. The molecule has 0 unspecified atom stereocenters. The zero-order chi connectivity index (χ0) is 21.5. The van der Waals surface area contributed by atoms with Gasteiger partial charge in [0.25, 0.3) is 0 Å². The van der Waals surface area contributed by atoms with Gasteiger partial charge in [-0.25, -0.2) is 9.78 Å². The Balaban J connectivity index is 5.22. The maximum atomic E-state index is 13.1. The molecule has 0 aliphatic rings. The Hall–Kier alpha value is -0.540. The van der Waals surface area contributed by atoms with Crippen LogP contribution in [0.1, 0.15) is 62.3 Å². The summed E-state index contributed by atoms with van der Waals surface area (Å²) in [6, 6.07) is 0. The van der Waals surface area contributed by atoms with Gasteiger partial charge in [-0.3, -0.25) is 14.3 Å². The smallest absolute Gasteiger partial charge is 0.398 e. The van der Waals surface area contributed by atoms with Gasteiger partial charge in [0.1, 0.15) is 11.9 Å². The molecule has 0 bridgehead atoms. The Morgan fingerprint density at radius 3 is 1.67 bits per heavy atom. The molecule has 0 spiro atoms. The number of nitrogens with zero attached hydrogens (tertiary/aromatic N) is 1. The number of hydrogen-bond donors (Lipinski definition) is 1. The lowest BCUT2D eigenvalue weighted by atomic mass is 10.2. The van der Waals surface area contributed by atoms with Crippen LogP contribution in [0.2, 0.25) is 0 Å². The number of aliphatic hydroxyl groups is 1. The molecule has 9 nitrogen and oxygen atoms in total. The van der Waals surface area contributed by atoms with Crippen molar-refractivity contribution in [3.05, 3.63) is 0 Å². The minimum Gasteiger partial charge on any atom is -0.459 e. The molecule has 0 heterocycles. The van der Waals surface area contributed by atoms with Crippen LogP contribution >= 0.6 is 7.60 Å². The van der Waals surface area contributed by atoms with Gasteiger partial charge in [-0.05, 0) is 62.3 Å². The summed E-state index contributed by atoms with van der Waals surface area (Å²) in [5.74, 6) is -0.532.